The Morgan fingerprint density at radius 1 is 1.32 bits per heavy atom. The van der Waals surface area contributed by atoms with Crippen LogP contribution in [0.3, 0.4) is 0 Å². The minimum atomic E-state index is 0. The highest BCUT2D eigenvalue weighted by atomic mass is 127. The Morgan fingerprint density at radius 3 is 2.84 bits per heavy atom. The molecule has 2 aliphatic rings. The Bertz CT molecular complexity index is 558. The second kappa shape index (κ2) is 9.75. The Labute approximate surface area is 169 Å². The number of nitrogens with zero attached hydrogens (tertiary/aromatic N) is 5. The van der Waals surface area contributed by atoms with Gasteiger partial charge in [0.1, 0.15) is 0 Å². The second-order valence-electron chi connectivity index (χ2n) is 7.00. The summed E-state index contributed by atoms with van der Waals surface area (Å²) < 4.78 is 1.90. The maximum absolute atomic E-state index is 4.98. The first-order chi connectivity index (χ1) is 11.7. The molecule has 3 heterocycles. The van der Waals surface area contributed by atoms with Gasteiger partial charge in [-0.2, -0.15) is 5.10 Å². The molecule has 0 spiro atoms. The average molecular weight is 460 g/mol. The largest absolute Gasteiger partial charge is 0.357 e. The molecule has 0 bridgehead atoms. The number of guanidine groups is 1. The van der Waals surface area contributed by atoms with Crippen LogP contribution in [-0.2, 0) is 7.05 Å². The van der Waals surface area contributed by atoms with E-state index < -0.39 is 0 Å². The molecule has 1 aromatic heterocycles. The Balaban J connectivity index is 0.00000225. The molecule has 0 radical (unpaired) electrons. The van der Waals surface area contributed by atoms with Crippen LogP contribution >= 0.6 is 24.0 Å². The summed E-state index contributed by atoms with van der Waals surface area (Å²) >= 11 is 0. The molecule has 0 saturated carbocycles. The molecule has 0 aromatic carbocycles. The number of rotatable bonds is 5. The summed E-state index contributed by atoms with van der Waals surface area (Å²) in [5, 5.41) is 7.82. The Kier molecular flexibility index (Phi) is 7.99. The van der Waals surface area contributed by atoms with E-state index in [1.54, 1.807) is 0 Å². The number of aryl methyl sites for hydroxylation is 1. The lowest BCUT2D eigenvalue weighted by Gasteiger charge is -2.24. The van der Waals surface area contributed by atoms with Gasteiger partial charge in [-0.3, -0.25) is 14.6 Å². The number of hydrogen-bond acceptors (Lipinski definition) is 3. The van der Waals surface area contributed by atoms with E-state index in [0.29, 0.717) is 12.0 Å². The van der Waals surface area contributed by atoms with Crippen molar-refractivity contribution in [2.75, 3.05) is 39.3 Å². The van der Waals surface area contributed by atoms with Crippen LogP contribution < -0.4 is 5.32 Å². The van der Waals surface area contributed by atoms with Crippen LogP contribution in [0.2, 0.25) is 0 Å². The lowest BCUT2D eigenvalue weighted by Crippen LogP contribution is -2.41. The highest BCUT2D eigenvalue weighted by Gasteiger charge is 2.28. The van der Waals surface area contributed by atoms with Crippen LogP contribution in [-0.4, -0.2) is 70.9 Å². The van der Waals surface area contributed by atoms with Crippen LogP contribution in [0.25, 0.3) is 0 Å². The van der Waals surface area contributed by atoms with Gasteiger partial charge in [0.25, 0.3) is 0 Å². The molecule has 7 heteroatoms. The number of aliphatic imine (C=N–C) groups is 1. The first kappa shape index (κ1) is 20.5. The number of hydrogen-bond donors (Lipinski definition) is 1. The third kappa shape index (κ3) is 5.09. The van der Waals surface area contributed by atoms with E-state index in [0.717, 1.165) is 38.7 Å². The lowest BCUT2D eigenvalue weighted by atomic mass is 10.0. The molecular formula is C18H33IN6. The predicted octanol–water partition coefficient (Wildman–Crippen LogP) is 2.28. The molecule has 3 rings (SSSR count). The zero-order valence-electron chi connectivity index (χ0n) is 15.8. The van der Waals surface area contributed by atoms with E-state index in [1.165, 1.54) is 31.4 Å². The van der Waals surface area contributed by atoms with E-state index in [-0.39, 0.29) is 24.0 Å². The van der Waals surface area contributed by atoms with Gasteiger partial charge >= 0.3 is 0 Å². The van der Waals surface area contributed by atoms with E-state index in [9.17, 15) is 0 Å². The minimum Gasteiger partial charge on any atom is -0.357 e. The van der Waals surface area contributed by atoms with Crippen molar-refractivity contribution >= 4 is 29.9 Å². The van der Waals surface area contributed by atoms with E-state index in [4.69, 9.17) is 4.99 Å². The zero-order chi connectivity index (χ0) is 16.9. The van der Waals surface area contributed by atoms with Gasteiger partial charge in [0.15, 0.2) is 5.96 Å². The Morgan fingerprint density at radius 2 is 2.16 bits per heavy atom. The topological polar surface area (TPSA) is 48.7 Å². The predicted molar refractivity (Wildman–Crippen MR) is 114 cm³/mol. The molecule has 142 valence electrons. The van der Waals surface area contributed by atoms with Crippen LogP contribution in [0.15, 0.2) is 17.4 Å². The van der Waals surface area contributed by atoms with Crippen molar-refractivity contribution in [1.29, 1.82) is 0 Å². The normalized spacial score (nSPS) is 24.6. The van der Waals surface area contributed by atoms with Crippen molar-refractivity contribution in [2.24, 2.45) is 12.0 Å². The Hall–Kier alpha value is -0.830. The molecule has 2 aliphatic heterocycles. The molecular weight excluding hydrogens is 427 g/mol. The minimum absolute atomic E-state index is 0. The van der Waals surface area contributed by atoms with Crippen LogP contribution in [0, 0.1) is 0 Å². The molecule has 6 nitrogen and oxygen atoms in total. The van der Waals surface area contributed by atoms with Gasteiger partial charge in [-0.15, -0.1) is 24.0 Å². The van der Waals surface area contributed by atoms with Crippen molar-refractivity contribution in [3.8, 4) is 0 Å². The van der Waals surface area contributed by atoms with E-state index in [1.807, 2.05) is 17.9 Å². The molecule has 2 atom stereocenters. The summed E-state index contributed by atoms with van der Waals surface area (Å²) in [6, 6.07) is 0.625. The standard InChI is InChI=1S/C18H32N6.HI/c1-4-19-18(20-12-17-7-6-9-23(17)5-2)24-10-8-15(14-24)16-11-21-22(3)13-16;/h11,13,15,17H,4-10,12,14H2,1-3H3,(H,19,20);1H. The molecule has 1 aromatic rings. The summed E-state index contributed by atoms with van der Waals surface area (Å²) in [6.45, 7) is 10.8. The summed E-state index contributed by atoms with van der Waals surface area (Å²) in [4.78, 5) is 9.97. The van der Waals surface area contributed by atoms with E-state index in [2.05, 4.69) is 40.3 Å². The van der Waals surface area contributed by atoms with Crippen molar-refractivity contribution < 1.29 is 0 Å². The quantitative estimate of drug-likeness (QED) is 0.416. The van der Waals surface area contributed by atoms with Gasteiger partial charge in [0, 0.05) is 44.8 Å². The molecule has 25 heavy (non-hydrogen) atoms. The summed E-state index contributed by atoms with van der Waals surface area (Å²) in [5.41, 5.74) is 1.35. The van der Waals surface area contributed by atoms with Gasteiger partial charge < -0.3 is 10.2 Å². The third-order valence-corrected chi connectivity index (χ3v) is 5.38. The molecule has 1 N–H and O–H groups in total. The van der Waals surface area contributed by atoms with Crippen molar-refractivity contribution in [3.05, 3.63) is 18.0 Å². The number of halogens is 1. The number of aromatic nitrogens is 2. The summed E-state index contributed by atoms with van der Waals surface area (Å²) in [5.74, 6) is 1.66. The molecule has 0 amide bonds. The molecule has 2 saturated heterocycles. The molecule has 2 fully saturated rings. The third-order valence-electron chi connectivity index (χ3n) is 5.38. The number of likely N-dealkylation sites (tertiary alicyclic amines) is 2. The maximum Gasteiger partial charge on any atom is 0.193 e. The SMILES string of the molecule is CCNC(=NCC1CCCN1CC)N1CCC(c2cnn(C)c2)C1.I. The van der Waals surface area contributed by atoms with Crippen molar-refractivity contribution in [1.82, 2.24) is 24.9 Å². The van der Waals surface area contributed by atoms with Gasteiger partial charge in [-0.05, 0) is 44.8 Å². The maximum atomic E-state index is 4.98. The first-order valence-corrected chi connectivity index (χ1v) is 9.47. The highest BCUT2D eigenvalue weighted by molar-refractivity contribution is 14.0. The number of nitrogens with one attached hydrogen (secondary N) is 1. The fourth-order valence-corrected chi connectivity index (χ4v) is 4.01. The summed E-state index contributed by atoms with van der Waals surface area (Å²) in [6.07, 6.45) is 7.94. The smallest absolute Gasteiger partial charge is 0.193 e. The van der Waals surface area contributed by atoms with Gasteiger partial charge in [-0.1, -0.05) is 6.92 Å². The first-order valence-electron chi connectivity index (χ1n) is 9.47. The fraction of sp³-hybridized carbons (Fsp3) is 0.778. The van der Waals surface area contributed by atoms with Crippen molar-refractivity contribution in [2.45, 2.75) is 45.1 Å². The van der Waals surface area contributed by atoms with Crippen LogP contribution in [0.4, 0.5) is 0 Å². The van der Waals surface area contributed by atoms with Crippen molar-refractivity contribution in [3.63, 3.8) is 0 Å². The van der Waals surface area contributed by atoms with Gasteiger partial charge in [0.05, 0.1) is 12.7 Å². The zero-order valence-corrected chi connectivity index (χ0v) is 18.1. The average Bonchev–Trinajstić information content (AvgIpc) is 3.31. The lowest BCUT2D eigenvalue weighted by molar-refractivity contribution is 0.272. The monoisotopic (exact) mass is 460 g/mol. The highest BCUT2D eigenvalue weighted by Crippen LogP contribution is 2.26. The van der Waals surface area contributed by atoms with Crippen LogP contribution in [0.5, 0.6) is 0 Å². The van der Waals surface area contributed by atoms with Gasteiger partial charge in [0.2, 0.25) is 0 Å². The van der Waals surface area contributed by atoms with E-state index >= 15 is 0 Å². The molecule has 2 unspecified atom stereocenters. The number of likely N-dealkylation sites (N-methyl/N-ethyl adjacent to an activating group) is 1. The van der Waals surface area contributed by atoms with Crippen LogP contribution in [0.1, 0.15) is 44.6 Å². The second-order valence-corrected chi connectivity index (χ2v) is 7.00. The fourth-order valence-electron chi connectivity index (χ4n) is 4.01. The molecule has 0 aliphatic carbocycles. The summed E-state index contributed by atoms with van der Waals surface area (Å²) in [7, 11) is 1.99. The van der Waals surface area contributed by atoms with Gasteiger partial charge in [-0.25, -0.2) is 0 Å².